The Hall–Kier alpha value is -0.610. The lowest BCUT2D eigenvalue weighted by Gasteiger charge is -2.21. The fourth-order valence-electron chi connectivity index (χ4n) is 2.80. The molecule has 2 heterocycles. The predicted molar refractivity (Wildman–Crippen MR) is 46.4 cm³/mol. The van der Waals surface area contributed by atoms with Gasteiger partial charge in [0, 0.05) is 5.92 Å². The maximum absolute atomic E-state index is 11.1. The quantitative estimate of drug-likeness (QED) is 0.541. The van der Waals surface area contributed by atoms with Crippen LogP contribution in [0.15, 0.2) is 0 Å². The highest BCUT2D eigenvalue weighted by molar-refractivity contribution is 5.72. The summed E-state index contributed by atoms with van der Waals surface area (Å²) in [6, 6.07) is 0. The standard InChI is InChI=1S/C10H14O4/c1-10(2)13-6-3-5-4-7(11)12-8(5)9(6)14-10/h5-6,8-9H,3-4H2,1-2H3/t5-,6?,8+,9?/m1/s1. The van der Waals surface area contributed by atoms with E-state index in [0.29, 0.717) is 12.3 Å². The van der Waals surface area contributed by atoms with Gasteiger partial charge in [0.25, 0.3) is 0 Å². The minimum absolute atomic E-state index is 0.0403. The number of rotatable bonds is 0. The summed E-state index contributed by atoms with van der Waals surface area (Å²) < 4.78 is 16.7. The number of hydrogen-bond acceptors (Lipinski definition) is 4. The molecule has 4 heteroatoms. The summed E-state index contributed by atoms with van der Waals surface area (Å²) in [6.07, 6.45) is 1.44. The Kier molecular flexibility index (Phi) is 1.55. The van der Waals surface area contributed by atoms with Crippen LogP contribution in [-0.4, -0.2) is 30.1 Å². The molecule has 0 aromatic carbocycles. The molecule has 3 aliphatic rings. The fourth-order valence-corrected chi connectivity index (χ4v) is 2.80. The van der Waals surface area contributed by atoms with Crippen molar-refractivity contribution in [3.8, 4) is 0 Å². The molecular formula is C10H14O4. The Labute approximate surface area is 82.5 Å². The molecule has 0 aromatic rings. The van der Waals surface area contributed by atoms with Crippen LogP contribution in [0.1, 0.15) is 26.7 Å². The van der Waals surface area contributed by atoms with Crippen molar-refractivity contribution in [3.63, 3.8) is 0 Å². The monoisotopic (exact) mass is 198 g/mol. The summed E-state index contributed by atoms with van der Waals surface area (Å²) in [5, 5.41) is 0. The van der Waals surface area contributed by atoms with Gasteiger partial charge in [0.1, 0.15) is 12.2 Å². The lowest BCUT2D eigenvalue weighted by Crippen LogP contribution is -2.31. The Morgan fingerprint density at radius 1 is 1.29 bits per heavy atom. The Balaban J connectivity index is 1.81. The molecular weight excluding hydrogens is 184 g/mol. The van der Waals surface area contributed by atoms with E-state index >= 15 is 0 Å². The van der Waals surface area contributed by atoms with Crippen LogP contribution in [0.4, 0.5) is 0 Å². The van der Waals surface area contributed by atoms with Gasteiger partial charge in [-0.25, -0.2) is 0 Å². The minimum Gasteiger partial charge on any atom is -0.459 e. The molecule has 14 heavy (non-hydrogen) atoms. The van der Waals surface area contributed by atoms with Gasteiger partial charge in [-0.1, -0.05) is 0 Å². The minimum atomic E-state index is -0.519. The first-order valence-electron chi connectivity index (χ1n) is 5.10. The first-order valence-corrected chi connectivity index (χ1v) is 5.10. The fraction of sp³-hybridized carbons (Fsp3) is 0.900. The molecule has 1 aliphatic carbocycles. The van der Waals surface area contributed by atoms with Crippen LogP contribution < -0.4 is 0 Å². The number of fused-ring (bicyclic) bond motifs is 3. The molecule has 1 saturated carbocycles. The van der Waals surface area contributed by atoms with E-state index in [0.717, 1.165) is 6.42 Å². The summed E-state index contributed by atoms with van der Waals surface area (Å²) in [7, 11) is 0. The van der Waals surface area contributed by atoms with Gasteiger partial charge >= 0.3 is 5.97 Å². The molecule has 0 spiro atoms. The van der Waals surface area contributed by atoms with Gasteiger partial charge < -0.3 is 14.2 Å². The normalized spacial score (nSPS) is 48.9. The topological polar surface area (TPSA) is 44.8 Å². The molecule has 4 atom stereocenters. The van der Waals surface area contributed by atoms with Gasteiger partial charge in [-0.2, -0.15) is 0 Å². The van der Waals surface area contributed by atoms with Crippen molar-refractivity contribution in [2.45, 2.75) is 50.8 Å². The van der Waals surface area contributed by atoms with Crippen LogP contribution >= 0.6 is 0 Å². The van der Waals surface area contributed by atoms with Crippen LogP contribution in [0.2, 0.25) is 0 Å². The molecule has 3 fully saturated rings. The van der Waals surface area contributed by atoms with Crippen molar-refractivity contribution < 1.29 is 19.0 Å². The zero-order valence-corrected chi connectivity index (χ0v) is 8.36. The summed E-state index contributed by atoms with van der Waals surface area (Å²) >= 11 is 0. The first-order chi connectivity index (χ1) is 6.55. The van der Waals surface area contributed by atoms with Crippen molar-refractivity contribution in [2.24, 2.45) is 5.92 Å². The molecule has 0 bridgehead atoms. The Morgan fingerprint density at radius 3 is 2.86 bits per heavy atom. The van der Waals surface area contributed by atoms with Crippen molar-refractivity contribution >= 4 is 5.97 Å². The number of carbonyl (C=O) groups excluding carboxylic acids is 1. The number of ether oxygens (including phenoxy) is 3. The summed E-state index contributed by atoms with van der Waals surface area (Å²) in [5.74, 6) is -0.296. The van der Waals surface area contributed by atoms with Gasteiger partial charge in [-0.15, -0.1) is 0 Å². The van der Waals surface area contributed by atoms with E-state index in [4.69, 9.17) is 14.2 Å². The second kappa shape index (κ2) is 2.49. The molecule has 0 aromatic heterocycles. The maximum atomic E-state index is 11.1. The highest BCUT2D eigenvalue weighted by Gasteiger charge is 2.57. The van der Waals surface area contributed by atoms with E-state index in [2.05, 4.69) is 0 Å². The van der Waals surface area contributed by atoms with Crippen LogP contribution in [0.5, 0.6) is 0 Å². The van der Waals surface area contributed by atoms with E-state index in [-0.39, 0.29) is 24.3 Å². The van der Waals surface area contributed by atoms with Crippen LogP contribution in [-0.2, 0) is 19.0 Å². The third kappa shape index (κ3) is 1.10. The zero-order chi connectivity index (χ0) is 9.92. The highest BCUT2D eigenvalue weighted by atomic mass is 16.8. The van der Waals surface area contributed by atoms with Crippen LogP contribution in [0, 0.1) is 5.92 Å². The largest absolute Gasteiger partial charge is 0.459 e. The van der Waals surface area contributed by atoms with Crippen LogP contribution in [0.25, 0.3) is 0 Å². The number of carbonyl (C=O) groups is 1. The van der Waals surface area contributed by atoms with E-state index in [9.17, 15) is 4.79 Å². The summed E-state index contributed by atoms with van der Waals surface area (Å²) in [6.45, 7) is 3.80. The molecule has 0 N–H and O–H groups in total. The smallest absolute Gasteiger partial charge is 0.306 e. The van der Waals surface area contributed by atoms with Crippen molar-refractivity contribution in [3.05, 3.63) is 0 Å². The molecule has 2 aliphatic heterocycles. The van der Waals surface area contributed by atoms with Crippen LogP contribution in [0.3, 0.4) is 0 Å². The first kappa shape index (κ1) is 8.68. The van der Waals surface area contributed by atoms with E-state index < -0.39 is 5.79 Å². The van der Waals surface area contributed by atoms with E-state index in [1.54, 1.807) is 0 Å². The van der Waals surface area contributed by atoms with Gasteiger partial charge in [-0.05, 0) is 20.3 Å². The third-order valence-electron chi connectivity index (χ3n) is 3.24. The Bertz CT molecular complexity index is 286. The zero-order valence-electron chi connectivity index (χ0n) is 8.36. The average molecular weight is 198 g/mol. The molecule has 78 valence electrons. The second-order valence-corrected chi connectivity index (χ2v) is 4.79. The van der Waals surface area contributed by atoms with Crippen molar-refractivity contribution in [1.82, 2.24) is 0 Å². The Morgan fingerprint density at radius 2 is 2.07 bits per heavy atom. The summed E-state index contributed by atoms with van der Waals surface area (Å²) in [4.78, 5) is 11.1. The molecule has 0 radical (unpaired) electrons. The second-order valence-electron chi connectivity index (χ2n) is 4.79. The van der Waals surface area contributed by atoms with Gasteiger partial charge in [0.05, 0.1) is 12.5 Å². The predicted octanol–water partition coefficient (Wildman–Crippen LogP) is 0.842. The molecule has 2 saturated heterocycles. The third-order valence-corrected chi connectivity index (χ3v) is 3.24. The molecule has 3 rings (SSSR count). The van der Waals surface area contributed by atoms with E-state index in [1.165, 1.54) is 0 Å². The van der Waals surface area contributed by atoms with Crippen molar-refractivity contribution in [2.75, 3.05) is 0 Å². The highest BCUT2D eigenvalue weighted by Crippen LogP contribution is 2.46. The SMILES string of the molecule is CC1(C)OC2C[C@@H]3CC(=O)O[C@@H]3C2O1. The number of hydrogen-bond donors (Lipinski definition) is 0. The summed E-state index contributed by atoms with van der Waals surface area (Å²) in [5.41, 5.74) is 0. The molecule has 0 amide bonds. The lowest BCUT2D eigenvalue weighted by atomic mass is 10.0. The molecule has 2 unspecified atom stereocenters. The molecule has 4 nitrogen and oxygen atoms in total. The van der Waals surface area contributed by atoms with Gasteiger partial charge in [0.15, 0.2) is 5.79 Å². The average Bonchev–Trinajstić information content (AvgIpc) is 2.58. The number of esters is 1. The maximum Gasteiger partial charge on any atom is 0.306 e. The van der Waals surface area contributed by atoms with E-state index in [1.807, 2.05) is 13.8 Å². The van der Waals surface area contributed by atoms with Crippen molar-refractivity contribution in [1.29, 1.82) is 0 Å². The van der Waals surface area contributed by atoms with Gasteiger partial charge in [0.2, 0.25) is 0 Å². The lowest BCUT2D eigenvalue weighted by molar-refractivity contribution is -0.169. The van der Waals surface area contributed by atoms with Gasteiger partial charge in [-0.3, -0.25) is 4.79 Å².